The minimum absolute atomic E-state index is 0.666. The van der Waals surface area contributed by atoms with Gasteiger partial charge in [0.25, 0.3) is 0 Å². The molecule has 5 atom stereocenters. The number of phenolic OH excluding ortho intramolecular Hbond substituents is 15. The van der Waals surface area contributed by atoms with Crippen LogP contribution in [0.2, 0.25) is 0 Å². The maximum absolute atomic E-state index is 13.9. The van der Waals surface area contributed by atoms with E-state index in [4.69, 9.17) is 28.4 Å². The molecule has 1 aliphatic rings. The van der Waals surface area contributed by atoms with E-state index in [1.54, 1.807) is 0 Å². The molecule has 15 N–H and O–H groups in total. The maximum Gasteiger partial charge on any atom is 0.344 e. The number of aromatic hydroxyl groups is 15. The number of phenols is 15. The third-order valence-corrected chi connectivity index (χ3v) is 9.67. The average molecular weight is 941 g/mol. The SMILES string of the molecule is O=C(OC[C@H]1OC(OC(=O)c2ccc(O)c(O)c2O)[C@H](OC(=O)c2ccc(O)c(O)c2O)[C@@H](OC(=O)c2ccc(O)c(O)c2O)[C@@H]1OC(=O)c1ccc(O)c(O)c1O)c1ccc(O)c(O)c1O. The lowest BCUT2D eigenvalue weighted by Crippen LogP contribution is -2.63. The number of esters is 5. The normalized spacial score (nSPS) is 17.7. The molecule has 0 radical (unpaired) electrons. The molecule has 26 heteroatoms. The summed E-state index contributed by atoms with van der Waals surface area (Å²) in [7, 11) is 0. The molecule has 0 amide bonds. The molecule has 5 aromatic carbocycles. The number of hydrogen-bond acceptors (Lipinski definition) is 26. The molecule has 1 fully saturated rings. The van der Waals surface area contributed by atoms with Gasteiger partial charge in [0, 0.05) is 0 Å². The van der Waals surface area contributed by atoms with Crippen molar-refractivity contribution in [1.29, 1.82) is 0 Å². The second-order valence-corrected chi connectivity index (χ2v) is 13.8. The lowest BCUT2D eigenvalue weighted by atomic mass is 9.97. The molecule has 1 heterocycles. The monoisotopic (exact) mass is 940 g/mol. The molecule has 352 valence electrons. The second kappa shape index (κ2) is 18.3. The Hall–Kier alpha value is -9.59. The molecule has 1 unspecified atom stereocenters. The van der Waals surface area contributed by atoms with E-state index in [1.165, 1.54) is 0 Å². The van der Waals surface area contributed by atoms with Crippen molar-refractivity contribution in [3.8, 4) is 86.2 Å². The first-order valence-electron chi connectivity index (χ1n) is 18.4. The van der Waals surface area contributed by atoms with Gasteiger partial charge in [0.05, 0.1) is 0 Å². The van der Waals surface area contributed by atoms with Gasteiger partial charge < -0.3 is 105 Å². The highest BCUT2D eigenvalue weighted by Crippen LogP contribution is 2.43. The van der Waals surface area contributed by atoms with Gasteiger partial charge in [-0.05, 0) is 60.7 Å². The molecular weight excluding hydrogens is 908 g/mol. The van der Waals surface area contributed by atoms with E-state index >= 15 is 0 Å². The Morgan fingerprint density at radius 1 is 0.343 bits per heavy atom. The van der Waals surface area contributed by atoms with E-state index in [0.717, 1.165) is 12.1 Å². The molecule has 0 saturated carbocycles. The molecule has 0 aromatic heterocycles. The van der Waals surface area contributed by atoms with Crippen molar-refractivity contribution in [2.75, 3.05) is 6.61 Å². The number of carbonyl (C=O) groups excluding carboxylic acids is 5. The Morgan fingerprint density at radius 3 is 0.940 bits per heavy atom. The van der Waals surface area contributed by atoms with Crippen molar-refractivity contribution in [1.82, 2.24) is 0 Å². The van der Waals surface area contributed by atoms with Crippen LogP contribution in [0.25, 0.3) is 0 Å². The van der Waals surface area contributed by atoms with E-state index in [2.05, 4.69) is 0 Å². The van der Waals surface area contributed by atoms with Gasteiger partial charge in [-0.1, -0.05) is 0 Å². The Morgan fingerprint density at radius 2 is 0.612 bits per heavy atom. The zero-order valence-electron chi connectivity index (χ0n) is 33.1. The summed E-state index contributed by atoms with van der Waals surface area (Å²) in [6, 6.07) is 6.95. The lowest BCUT2D eigenvalue weighted by molar-refractivity contribution is -0.283. The molecule has 1 aliphatic heterocycles. The highest BCUT2D eigenvalue weighted by Gasteiger charge is 2.55. The molecule has 67 heavy (non-hydrogen) atoms. The number of rotatable bonds is 11. The molecule has 0 aliphatic carbocycles. The summed E-state index contributed by atoms with van der Waals surface area (Å²) in [6.07, 6.45) is -12.7. The van der Waals surface area contributed by atoms with Crippen LogP contribution < -0.4 is 0 Å². The van der Waals surface area contributed by atoms with Crippen LogP contribution in [-0.2, 0) is 28.4 Å². The van der Waals surface area contributed by atoms with Gasteiger partial charge in [-0.3, -0.25) is 0 Å². The minimum Gasteiger partial charge on any atom is -0.504 e. The fourth-order valence-corrected chi connectivity index (χ4v) is 6.14. The van der Waals surface area contributed by atoms with E-state index in [-0.39, 0.29) is 0 Å². The number of ether oxygens (including phenoxy) is 6. The van der Waals surface area contributed by atoms with Gasteiger partial charge in [-0.15, -0.1) is 0 Å². The predicted molar refractivity (Wildman–Crippen MR) is 209 cm³/mol. The molecule has 26 nitrogen and oxygen atoms in total. The van der Waals surface area contributed by atoms with Gasteiger partial charge in [0.2, 0.25) is 41.1 Å². The third kappa shape index (κ3) is 8.97. The summed E-state index contributed by atoms with van der Waals surface area (Å²) in [6.45, 7) is -1.32. The number of benzene rings is 5. The van der Waals surface area contributed by atoms with Crippen LogP contribution in [-0.4, -0.2) is 144 Å². The van der Waals surface area contributed by atoms with Crippen LogP contribution in [0.15, 0.2) is 60.7 Å². The zero-order chi connectivity index (χ0) is 49.3. The average Bonchev–Trinajstić information content (AvgIpc) is 3.28. The minimum atomic E-state index is -2.64. The molecular formula is C41H32O26. The number of hydrogen-bond donors (Lipinski definition) is 15. The summed E-state index contributed by atoms with van der Waals surface area (Å²) in [4.78, 5) is 68.6. The fraction of sp³-hybridized carbons (Fsp3) is 0.146. The first-order valence-corrected chi connectivity index (χ1v) is 18.4. The van der Waals surface area contributed by atoms with Crippen LogP contribution in [0.1, 0.15) is 51.8 Å². The van der Waals surface area contributed by atoms with E-state index < -0.39 is 181 Å². The lowest BCUT2D eigenvalue weighted by Gasteiger charge is -2.43. The van der Waals surface area contributed by atoms with Gasteiger partial charge in [0.15, 0.2) is 69.7 Å². The van der Waals surface area contributed by atoms with Crippen LogP contribution in [0.4, 0.5) is 0 Å². The van der Waals surface area contributed by atoms with Crippen LogP contribution in [0, 0.1) is 0 Å². The predicted octanol–water partition coefficient (Wildman–Crippen LogP) is 1.69. The van der Waals surface area contributed by atoms with E-state index in [9.17, 15) is 101 Å². The van der Waals surface area contributed by atoms with Crippen LogP contribution in [0.5, 0.6) is 86.2 Å². The first-order chi connectivity index (χ1) is 31.5. The summed E-state index contributed by atoms with van der Waals surface area (Å²) >= 11 is 0. The smallest absolute Gasteiger partial charge is 0.344 e. The summed E-state index contributed by atoms with van der Waals surface area (Å²) < 4.78 is 33.0. The third-order valence-electron chi connectivity index (χ3n) is 9.67. The standard InChI is InChI=1S/C41H32O26/c42-17-6-1-12(23(47)28(17)52)36(57)62-11-22-33(64-37(58)13-2-7-18(43)29(53)24(13)48)34(65-38(59)14-3-8-19(44)30(54)25(14)49)35(66-39(60)15-4-9-20(45)31(55)26(15)50)41(63-22)67-40(61)16-5-10-21(46)32(56)27(16)51/h1-10,22,33-35,41-56H,11H2/t22-,33-,34+,35-,41?/m1/s1. The highest BCUT2D eigenvalue weighted by molar-refractivity contribution is 5.97. The van der Waals surface area contributed by atoms with Crippen molar-refractivity contribution in [2.24, 2.45) is 0 Å². The van der Waals surface area contributed by atoms with Gasteiger partial charge in [-0.2, -0.15) is 0 Å². The van der Waals surface area contributed by atoms with E-state index in [0.29, 0.717) is 48.5 Å². The van der Waals surface area contributed by atoms with Gasteiger partial charge in [0.1, 0.15) is 40.5 Å². The second-order valence-electron chi connectivity index (χ2n) is 13.8. The van der Waals surface area contributed by atoms with Gasteiger partial charge >= 0.3 is 29.8 Å². The maximum atomic E-state index is 13.9. The van der Waals surface area contributed by atoms with Crippen molar-refractivity contribution in [2.45, 2.75) is 30.7 Å². The molecule has 1 saturated heterocycles. The number of carbonyl (C=O) groups is 5. The Bertz CT molecular complexity index is 2840. The molecule has 6 rings (SSSR count). The first kappa shape index (κ1) is 46.9. The Kier molecular flexibility index (Phi) is 12.8. The van der Waals surface area contributed by atoms with E-state index in [1.807, 2.05) is 0 Å². The molecule has 0 bridgehead atoms. The quantitative estimate of drug-likeness (QED) is 0.0509. The zero-order valence-corrected chi connectivity index (χ0v) is 33.1. The Labute approximate surface area is 370 Å². The van der Waals surface area contributed by atoms with Crippen LogP contribution in [0.3, 0.4) is 0 Å². The van der Waals surface area contributed by atoms with Crippen molar-refractivity contribution >= 4 is 29.8 Å². The van der Waals surface area contributed by atoms with Crippen molar-refractivity contribution < 1.29 is 129 Å². The molecule has 5 aromatic rings. The van der Waals surface area contributed by atoms with Crippen molar-refractivity contribution in [3.05, 3.63) is 88.5 Å². The largest absolute Gasteiger partial charge is 0.504 e. The van der Waals surface area contributed by atoms with Crippen LogP contribution >= 0.6 is 0 Å². The summed E-state index contributed by atoms with van der Waals surface area (Å²) in [5.74, 6) is -26.3. The fourth-order valence-electron chi connectivity index (χ4n) is 6.14. The Balaban J connectivity index is 1.54. The molecule has 0 spiro atoms. The van der Waals surface area contributed by atoms with Gasteiger partial charge in [-0.25, -0.2) is 24.0 Å². The summed E-state index contributed by atoms with van der Waals surface area (Å²) in [5.41, 5.74) is -4.80. The highest BCUT2D eigenvalue weighted by atomic mass is 16.7. The summed E-state index contributed by atoms with van der Waals surface area (Å²) in [5, 5.41) is 152. The van der Waals surface area contributed by atoms with Crippen molar-refractivity contribution in [3.63, 3.8) is 0 Å². The topological polar surface area (TPSA) is 444 Å².